The van der Waals surface area contributed by atoms with Crippen molar-refractivity contribution in [3.8, 4) is 0 Å². The van der Waals surface area contributed by atoms with E-state index in [1.54, 1.807) is 12.1 Å². The first kappa shape index (κ1) is 9.42. The van der Waals surface area contributed by atoms with Gasteiger partial charge in [0, 0.05) is 4.90 Å². The van der Waals surface area contributed by atoms with Gasteiger partial charge in [-0.05, 0) is 35.2 Å². The summed E-state index contributed by atoms with van der Waals surface area (Å²) in [6.07, 6.45) is 2.09. The smallest absolute Gasteiger partial charge is 0.0248 e. The topological polar surface area (TPSA) is 40.1 Å². The molecular weight excluding hydrogens is 172 g/mol. The second-order valence-corrected chi connectivity index (χ2v) is 3.57. The van der Waals surface area contributed by atoms with Gasteiger partial charge in [0.1, 0.15) is 0 Å². The molecule has 1 atom stereocenters. The Bertz CT molecular complexity index is 266. The van der Waals surface area contributed by atoms with Crippen LogP contribution in [0.5, 0.6) is 0 Å². The summed E-state index contributed by atoms with van der Waals surface area (Å²) in [6.45, 7) is 2.10. The van der Waals surface area contributed by atoms with Gasteiger partial charge in [-0.25, -0.2) is 0 Å². The van der Waals surface area contributed by atoms with Crippen molar-refractivity contribution in [2.75, 3.05) is 0 Å². The number of rotatable bonds is 3. The molecule has 0 heterocycles. The monoisotopic (exact) mass is 183 g/mol. The van der Waals surface area contributed by atoms with E-state index in [4.69, 9.17) is 0 Å². The van der Waals surface area contributed by atoms with Crippen molar-refractivity contribution in [2.24, 2.45) is 0 Å². The van der Waals surface area contributed by atoms with Crippen molar-refractivity contribution in [3.05, 3.63) is 29.8 Å². The first-order chi connectivity index (χ1) is 5.74. The zero-order valence-corrected chi connectivity index (χ0v) is 7.76. The molecule has 0 radical (unpaired) electrons. The average molecular weight is 183 g/mol. The Hall–Kier alpha value is -0.670. The third kappa shape index (κ3) is 2.43. The molecule has 0 fully saturated rings. The summed E-state index contributed by atoms with van der Waals surface area (Å²) in [4.78, 5) is 0.356. The molecule has 0 aliphatic rings. The first-order valence-electron chi connectivity index (χ1n) is 3.92. The zero-order valence-electron chi connectivity index (χ0n) is 6.95. The summed E-state index contributed by atoms with van der Waals surface area (Å²) >= 11 is -2.09. The lowest BCUT2D eigenvalue weighted by atomic mass is 10.1. The fourth-order valence-corrected chi connectivity index (χ4v) is 1.41. The SMILES string of the molecule is CCCc1ccc(S(=O)[O-])cc1. The average Bonchev–Trinajstić information content (AvgIpc) is 2.06. The van der Waals surface area contributed by atoms with Crippen LogP contribution in [0.1, 0.15) is 18.9 Å². The highest BCUT2D eigenvalue weighted by molar-refractivity contribution is 7.79. The molecule has 0 N–H and O–H groups in total. The van der Waals surface area contributed by atoms with Crippen molar-refractivity contribution in [1.82, 2.24) is 0 Å². The van der Waals surface area contributed by atoms with Crippen molar-refractivity contribution in [1.29, 1.82) is 0 Å². The molecule has 66 valence electrons. The number of benzene rings is 1. The quantitative estimate of drug-likeness (QED) is 0.671. The van der Waals surface area contributed by atoms with Crippen LogP contribution < -0.4 is 0 Å². The number of hydrogen-bond donors (Lipinski definition) is 0. The van der Waals surface area contributed by atoms with Gasteiger partial charge < -0.3 is 4.55 Å². The molecule has 1 rings (SSSR count). The Morgan fingerprint density at radius 2 is 1.92 bits per heavy atom. The lowest BCUT2D eigenvalue weighted by Gasteiger charge is -2.05. The van der Waals surface area contributed by atoms with Gasteiger partial charge in [0.25, 0.3) is 0 Å². The van der Waals surface area contributed by atoms with Gasteiger partial charge >= 0.3 is 0 Å². The normalized spacial score (nSPS) is 12.8. The van der Waals surface area contributed by atoms with Crippen LogP contribution in [0, 0.1) is 0 Å². The van der Waals surface area contributed by atoms with Crippen LogP contribution in [0.25, 0.3) is 0 Å². The molecule has 1 aromatic rings. The van der Waals surface area contributed by atoms with E-state index in [0.29, 0.717) is 4.90 Å². The van der Waals surface area contributed by atoms with E-state index >= 15 is 0 Å². The molecule has 0 spiro atoms. The molecule has 0 bridgehead atoms. The van der Waals surface area contributed by atoms with Gasteiger partial charge in [-0.15, -0.1) is 0 Å². The third-order valence-corrected chi connectivity index (χ3v) is 2.31. The van der Waals surface area contributed by atoms with Crippen LogP contribution in [0.2, 0.25) is 0 Å². The van der Waals surface area contributed by atoms with Gasteiger partial charge in [-0.2, -0.15) is 0 Å². The fourth-order valence-electron chi connectivity index (χ4n) is 1.06. The Morgan fingerprint density at radius 3 is 2.33 bits per heavy atom. The minimum atomic E-state index is -2.09. The molecule has 0 saturated carbocycles. The molecule has 2 nitrogen and oxygen atoms in total. The van der Waals surface area contributed by atoms with Crippen LogP contribution in [0.4, 0.5) is 0 Å². The second-order valence-electron chi connectivity index (χ2n) is 2.63. The van der Waals surface area contributed by atoms with Crippen LogP contribution in [-0.4, -0.2) is 8.76 Å². The standard InChI is InChI=1S/C9H12O2S/c1-2-3-8-4-6-9(7-5-8)12(10)11/h4-7H,2-3H2,1H3,(H,10,11)/p-1. The maximum absolute atomic E-state index is 10.5. The minimum absolute atomic E-state index is 0.356. The highest BCUT2D eigenvalue weighted by Gasteiger charge is 1.92. The zero-order chi connectivity index (χ0) is 8.97. The highest BCUT2D eigenvalue weighted by atomic mass is 32.2. The predicted molar refractivity (Wildman–Crippen MR) is 47.6 cm³/mol. The van der Waals surface area contributed by atoms with Crippen LogP contribution >= 0.6 is 0 Å². The van der Waals surface area contributed by atoms with Crippen molar-refractivity contribution in [3.63, 3.8) is 0 Å². The van der Waals surface area contributed by atoms with E-state index in [9.17, 15) is 8.76 Å². The maximum atomic E-state index is 10.5. The van der Waals surface area contributed by atoms with E-state index < -0.39 is 11.1 Å². The molecule has 1 unspecified atom stereocenters. The summed E-state index contributed by atoms with van der Waals surface area (Å²) in [7, 11) is 0. The Kier molecular flexibility index (Phi) is 3.44. The molecule has 0 saturated heterocycles. The molecule has 12 heavy (non-hydrogen) atoms. The van der Waals surface area contributed by atoms with Crippen LogP contribution in [0.3, 0.4) is 0 Å². The summed E-state index contributed by atoms with van der Waals surface area (Å²) in [5.74, 6) is 0. The van der Waals surface area contributed by atoms with Gasteiger partial charge in [-0.3, -0.25) is 4.21 Å². The summed E-state index contributed by atoms with van der Waals surface area (Å²) in [5, 5.41) is 0. The molecule has 0 aliphatic heterocycles. The lowest BCUT2D eigenvalue weighted by molar-refractivity contribution is 0.537. The van der Waals surface area contributed by atoms with E-state index in [1.165, 1.54) is 5.56 Å². The van der Waals surface area contributed by atoms with E-state index in [-0.39, 0.29) is 0 Å². The van der Waals surface area contributed by atoms with Gasteiger partial charge in [0.05, 0.1) is 0 Å². The van der Waals surface area contributed by atoms with Crippen molar-refractivity contribution < 1.29 is 8.76 Å². The second kappa shape index (κ2) is 4.38. The minimum Gasteiger partial charge on any atom is -0.768 e. The summed E-state index contributed by atoms with van der Waals surface area (Å²) in [6, 6.07) is 6.98. The highest BCUT2D eigenvalue weighted by Crippen LogP contribution is 2.08. The van der Waals surface area contributed by atoms with Gasteiger partial charge in [0.15, 0.2) is 0 Å². The lowest BCUT2D eigenvalue weighted by Crippen LogP contribution is -1.89. The Balaban J connectivity index is 2.78. The first-order valence-corrected chi connectivity index (χ1v) is 4.99. The fraction of sp³-hybridized carbons (Fsp3) is 0.333. The number of hydrogen-bond acceptors (Lipinski definition) is 2. The van der Waals surface area contributed by atoms with E-state index in [1.807, 2.05) is 12.1 Å². The van der Waals surface area contributed by atoms with E-state index in [2.05, 4.69) is 6.92 Å². The number of aryl methyl sites for hydroxylation is 1. The summed E-state index contributed by atoms with van der Waals surface area (Å²) in [5.41, 5.74) is 1.19. The van der Waals surface area contributed by atoms with E-state index in [0.717, 1.165) is 12.8 Å². The van der Waals surface area contributed by atoms with Crippen LogP contribution in [-0.2, 0) is 17.5 Å². The van der Waals surface area contributed by atoms with Gasteiger partial charge in [-0.1, -0.05) is 25.5 Å². The Morgan fingerprint density at radius 1 is 1.33 bits per heavy atom. The molecular formula is C9H11O2S-. The maximum Gasteiger partial charge on any atom is 0.0248 e. The largest absolute Gasteiger partial charge is 0.768 e. The van der Waals surface area contributed by atoms with Crippen molar-refractivity contribution in [2.45, 2.75) is 24.7 Å². The molecule has 0 amide bonds. The predicted octanol–water partition coefficient (Wildman–Crippen LogP) is 1.88. The van der Waals surface area contributed by atoms with Crippen LogP contribution in [0.15, 0.2) is 29.2 Å². The molecule has 0 aromatic heterocycles. The molecule has 0 aliphatic carbocycles. The molecule has 1 aromatic carbocycles. The Labute approximate surface area is 74.9 Å². The van der Waals surface area contributed by atoms with Crippen molar-refractivity contribution >= 4 is 11.1 Å². The molecule has 3 heteroatoms. The third-order valence-electron chi connectivity index (χ3n) is 1.65. The van der Waals surface area contributed by atoms with Gasteiger partial charge in [0.2, 0.25) is 0 Å². The summed E-state index contributed by atoms with van der Waals surface area (Å²) < 4.78 is 20.9.